The van der Waals surface area contributed by atoms with E-state index in [-0.39, 0.29) is 5.91 Å². The average molecular weight is 248 g/mol. The largest absolute Gasteiger partial charge is 0.388 e. The molecule has 3 heteroatoms. The molecule has 1 aromatic rings. The Hall–Kier alpha value is -1.51. The van der Waals surface area contributed by atoms with E-state index in [1.54, 1.807) is 0 Å². The summed E-state index contributed by atoms with van der Waals surface area (Å²) in [5.74, 6) is 0.712. The topological polar surface area (TPSA) is 41.1 Å². The highest BCUT2D eigenvalue weighted by atomic mass is 16.1. The molecule has 1 rings (SSSR count). The van der Waals surface area contributed by atoms with Crippen LogP contribution >= 0.6 is 0 Å². The third-order valence-electron chi connectivity index (χ3n) is 3.00. The van der Waals surface area contributed by atoms with Gasteiger partial charge in [-0.25, -0.2) is 0 Å². The molecule has 0 spiro atoms. The van der Waals surface area contributed by atoms with Crippen LogP contribution in [0.3, 0.4) is 0 Å². The minimum absolute atomic E-state index is 0.0181. The summed E-state index contributed by atoms with van der Waals surface area (Å²) in [5.41, 5.74) is 2.88. The first-order valence-electron chi connectivity index (χ1n) is 6.61. The number of hydrogen-bond donors (Lipinski definition) is 2. The van der Waals surface area contributed by atoms with Crippen LogP contribution in [0, 0.1) is 12.8 Å². The van der Waals surface area contributed by atoms with Gasteiger partial charge in [-0.3, -0.25) is 4.79 Å². The van der Waals surface area contributed by atoms with Crippen LogP contribution in [0.1, 0.15) is 42.6 Å². The molecule has 2 N–H and O–H groups in total. The predicted molar refractivity (Wildman–Crippen MR) is 77.1 cm³/mol. The maximum absolute atomic E-state index is 11.9. The summed E-state index contributed by atoms with van der Waals surface area (Å²) in [6.07, 6.45) is 2.19. The highest BCUT2D eigenvalue weighted by Crippen LogP contribution is 2.15. The van der Waals surface area contributed by atoms with Crippen molar-refractivity contribution < 1.29 is 4.79 Å². The van der Waals surface area contributed by atoms with Gasteiger partial charge in [0.2, 0.25) is 0 Å². The molecular formula is C15H24N2O. The van der Waals surface area contributed by atoms with Gasteiger partial charge in [-0.1, -0.05) is 13.8 Å². The molecule has 3 nitrogen and oxygen atoms in total. The van der Waals surface area contributed by atoms with Crippen molar-refractivity contribution in [3.05, 3.63) is 29.3 Å². The Bertz CT molecular complexity index is 399. The lowest BCUT2D eigenvalue weighted by Crippen LogP contribution is -2.24. The summed E-state index contributed by atoms with van der Waals surface area (Å²) in [6, 6.07) is 5.72. The summed E-state index contributed by atoms with van der Waals surface area (Å²) < 4.78 is 0. The Kier molecular flexibility index (Phi) is 5.69. The van der Waals surface area contributed by atoms with Gasteiger partial charge in [0.25, 0.3) is 5.91 Å². The van der Waals surface area contributed by atoms with Crippen LogP contribution in [0.5, 0.6) is 0 Å². The Morgan fingerprint density at radius 3 is 2.61 bits per heavy atom. The van der Waals surface area contributed by atoms with E-state index < -0.39 is 0 Å². The molecule has 0 unspecified atom stereocenters. The minimum atomic E-state index is 0.0181. The van der Waals surface area contributed by atoms with Gasteiger partial charge in [-0.2, -0.15) is 0 Å². The van der Waals surface area contributed by atoms with Crippen LogP contribution in [0.4, 0.5) is 5.69 Å². The van der Waals surface area contributed by atoms with Gasteiger partial charge in [0.1, 0.15) is 0 Å². The Labute approximate surface area is 110 Å². The first-order chi connectivity index (χ1) is 8.54. The normalized spacial score (nSPS) is 10.5. The summed E-state index contributed by atoms with van der Waals surface area (Å²) >= 11 is 0. The van der Waals surface area contributed by atoms with Crippen LogP contribution in [0.25, 0.3) is 0 Å². The zero-order valence-corrected chi connectivity index (χ0v) is 11.8. The minimum Gasteiger partial charge on any atom is -0.388 e. The molecule has 0 aliphatic rings. The fraction of sp³-hybridized carbons (Fsp3) is 0.533. The molecule has 100 valence electrons. The van der Waals surface area contributed by atoms with Gasteiger partial charge < -0.3 is 10.6 Å². The van der Waals surface area contributed by atoms with Crippen LogP contribution < -0.4 is 10.6 Å². The second-order valence-electron chi connectivity index (χ2n) is 5.07. The number of rotatable bonds is 6. The molecule has 18 heavy (non-hydrogen) atoms. The molecule has 0 aromatic heterocycles. The number of benzene rings is 1. The summed E-state index contributed by atoms with van der Waals surface area (Å²) in [6.45, 7) is 7.15. The molecule has 0 saturated carbocycles. The maximum Gasteiger partial charge on any atom is 0.251 e. The van der Waals surface area contributed by atoms with E-state index in [9.17, 15) is 4.79 Å². The summed E-state index contributed by atoms with van der Waals surface area (Å²) in [7, 11) is 1.88. The molecule has 0 saturated heterocycles. The zero-order chi connectivity index (χ0) is 13.5. The first-order valence-corrected chi connectivity index (χ1v) is 6.61. The van der Waals surface area contributed by atoms with Crippen molar-refractivity contribution in [3.8, 4) is 0 Å². The van der Waals surface area contributed by atoms with Crippen LogP contribution in [0.15, 0.2) is 18.2 Å². The maximum atomic E-state index is 11.9. The highest BCUT2D eigenvalue weighted by Gasteiger charge is 2.06. The van der Waals surface area contributed by atoms with Crippen molar-refractivity contribution in [1.82, 2.24) is 5.32 Å². The number of aryl methyl sites for hydroxylation is 1. The molecule has 1 aromatic carbocycles. The van der Waals surface area contributed by atoms with Crippen molar-refractivity contribution in [2.45, 2.75) is 33.6 Å². The van der Waals surface area contributed by atoms with Crippen molar-refractivity contribution in [2.75, 3.05) is 18.9 Å². The van der Waals surface area contributed by atoms with Gasteiger partial charge in [0.15, 0.2) is 0 Å². The molecular weight excluding hydrogens is 224 g/mol. The fourth-order valence-corrected chi connectivity index (χ4v) is 1.90. The predicted octanol–water partition coefficient (Wildman–Crippen LogP) is 3.20. The Morgan fingerprint density at radius 2 is 2.06 bits per heavy atom. The van der Waals surface area contributed by atoms with E-state index in [2.05, 4.69) is 24.5 Å². The first kappa shape index (κ1) is 14.6. The van der Waals surface area contributed by atoms with Gasteiger partial charge in [-0.15, -0.1) is 0 Å². The van der Waals surface area contributed by atoms with E-state index in [0.717, 1.165) is 36.2 Å². The fourth-order valence-electron chi connectivity index (χ4n) is 1.90. The molecule has 1 amide bonds. The van der Waals surface area contributed by atoms with Crippen molar-refractivity contribution >= 4 is 11.6 Å². The van der Waals surface area contributed by atoms with Crippen LogP contribution in [0.2, 0.25) is 0 Å². The van der Waals surface area contributed by atoms with Gasteiger partial charge >= 0.3 is 0 Å². The summed E-state index contributed by atoms with van der Waals surface area (Å²) in [5, 5.41) is 6.05. The Morgan fingerprint density at radius 1 is 1.33 bits per heavy atom. The number of anilines is 1. The lowest BCUT2D eigenvalue weighted by molar-refractivity contribution is 0.0952. The second-order valence-corrected chi connectivity index (χ2v) is 5.07. The lowest BCUT2D eigenvalue weighted by Gasteiger charge is -2.09. The highest BCUT2D eigenvalue weighted by molar-refractivity contribution is 5.94. The molecule has 0 aliphatic carbocycles. The molecule has 0 atom stereocenters. The van der Waals surface area contributed by atoms with Crippen molar-refractivity contribution in [2.24, 2.45) is 5.92 Å². The van der Waals surface area contributed by atoms with E-state index in [0.29, 0.717) is 5.92 Å². The van der Waals surface area contributed by atoms with Crippen LogP contribution in [-0.2, 0) is 0 Å². The number of carbonyl (C=O) groups excluding carboxylic acids is 1. The summed E-state index contributed by atoms with van der Waals surface area (Å²) in [4.78, 5) is 11.9. The molecule has 0 radical (unpaired) electrons. The number of carbonyl (C=O) groups is 1. The number of amides is 1. The second kappa shape index (κ2) is 7.04. The molecule has 0 fully saturated rings. The number of nitrogens with one attached hydrogen (secondary N) is 2. The van der Waals surface area contributed by atoms with E-state index in [1.807, 2.05) is 32.2 Å². The van der Waals surface area contributed by atoms with Crippen molar-refractivity contribution in [3.63, 3.8) is 0 Å². The number of hydrogen-bond acceptors (Lipinski definition) is 2. The van der Waals surface area contributed by atoms with E-state index in [1.165, 1.54) is 0 Å². The zero-order valence-electron chi connectivity index (χ0n) is 11.8. The molecule has 0 heterocycles. The van der Waals surface area contributed by atoms with E-state index in [4.69, 9.17) is 0 Å². The molecule has 0 bridgehead atoms. The van der Waals surface area contributed by atoms with Gasteiger partial charge in [0.05, 0.1) is 0 Å². The molecule has 0 aliphatic heterocycles. The van der Waals surface area contributed by atoms with Crippen molar-refractivity contribution in [1.29, 1.82) is 0 Å². The Balaban J connectivity index is 2.49. The SMILES string of the molecule is CNc1ccc(C(=O)NCCCC(C)C)cc1C. The van der Waals surface area contributed by atoms with E-state index >= 15 is 0 Å². The standard InChI is InChI=1S/C15H24N2O/c1-11(2)6-5-9-17-15(18)13-7-8-14(16-4)12(3)10-13/h7-8,10-11,16H,5-6,9H2,1-4H3,(H,17,18). The third-order valence-corrected chi connectivity index (χ3v) is 3.00. The third kappa shape index (κ3) is 4.40. The van der Waals surface area contributed by atoms with Crippen LogP contribution in [-0.4, -0.2) is 19.5 Å². The smallest absolute Gasteiger partial charge is 0.251 e. The van der Waals surface area contributed by atoms with Gasteiger partial charge in [0, 0.05) is 24.8 Å². The lowest BCUT2D eigenvalue weighted by atomic mass is 10.1. The average Bonchev–Trinajstić information content (AvgIpc) is 2.34. The monoisotopic (exact) mass is 248 g/mol. The van der Waals surface area contributed by atoms with Gasteiger partial charge in [-0.05, 0) is 49.4 Å². The quantitative estimate of drug-likeness (QED) is 0.759.